The minimum atomic E-state index is -0.605. The fourth-order valence-corrected chi connectivity index (χ4v) is 4.93. The van der Waals surface area contributed by atoms with Gasteiger partial charge in [-0.25, -0.2) is 0 Å². The number of rotatable bonds is 2. The Balaban J connectivity index is 1.61. The third kappa shape index (κ3) is 2.43. The van der Waals surface area contributed by atoms with Crippen molar-refractivity contribution >= 4 is 27.5 Å². The van der Waals surface area contributed by atoms with Gasteiger partial charge in [-0.15, -0.1) is 0 Å². The topological polar surface area (TPSA) is 60.2 Å². The lowest BCUT2D eigenvalue weighted by molar-refractivity contribution is -0.123. The monoisotopic (exact) mass is 402 g/mol. The second-order valence-electron chi connectivity index (χ2n) is 8.07. The number of hydrogen-bond donors (Lipinski definition) is 0. The summed E-state index contributed by atoms with van der Waals surface area (Å²) in [6.45, 7) is 5.89. The van der Waals surface area contributed by atoms with E-state index in [1.54, 1.807) is 6.20 Å². The highest BCUT2D eigenvalue weighted by molar-refractivity contribution is 9.10. The van der Waals surface area contributed by atoms with Gasteiger partial charge in [0.2, 0.25) is 5.91 Å². The normalized spacial score (nSPS) is 31.4. The van der Waals surface area contributed by atoms with E-state index in [0.29, 0.717) is 0 Å². The lowest BCUT2D eigenvalue weighted by Crippen LogP contribution is -2.64. The van der Waals surface area contributed by atoms with Crippen LogP contribution < -0.4 is 4.90 Å². The van der Waals surface area contributed by atoms with Crippen LogP contribution >= 0.6 is 15.9 Å². The SMILES string of the molecule is CC1(C)C(=O)N(C2CC(C#N)(N3CCCCC3)C2)c2cc(Br)cnc21. The number of fused-ring (bicyclic) bond motifs is 1. The molecule has 3 heterocycles. The number of carbonyl (C=O) groups excluding carboxylic acids is 1. The standard InChI is InChI=1S/C19H23BrN4O/c1-18(2)16-15(8-13(20)11-22-16)24(17(18)25)14-9-19(10-14,12-21)23-6-4-3-5-7-23/h8,11,14H,3-7,9-10H2,1-2H3. The molecular formula is C19H23BrN4O. The summed E-state index contributed by atoms with van der Waals surface area (Å²) < 4.78 is 0.878. The predicted octanol–water partition coefficient (Wildman–Crippen LogP) is 3.38. The van der Waals surface area contributed by atoms with Gasteiger partial charge in [-0.1, -0.05) is 6.42 Å². The van der Waals surface area contributed by atoms with Crippen LogP contribution in [0.3, 0.4) is 0 Å². The zero-order valence-electron chi connectivity index (χ0n) is 14.8. The molecule has 1 aromatic rings. The molecule has 3 aliphatic rings. The Bertz CT molecular complexity index is 757. The number of piperidine rings is 1. The molecule has 2 fully saturated rings. The van der Waals surface area contributed by atoms with Crippen molar-refractivity contribution in [3.05, 3.63) is 22.4 Å². The molecule has 4 rings (SSSR count). The van der Waals surface area contributed by atoms with E-state index in [2.05, 4.69) is 31.9 Å². The van der Waals surface area contributed by atoms with Gasteiger partial charge >= 0.3 is 0 Å². The van der Waals surface area contributed by atoms with Crippen LogP contribution in [-0.4, -0.2) is 40.5 Å². The third-order valence-electron chi connectivity index (χ3n) is 6.12. The molecule has 2 aliphatic heterocycles. The summed E-state index contributed by atoms with van der Waals surface area (Å²) >= 11 is 3.48. The predicted molar refractivity (Wildman–Crippen MR) is 99.2 cm³/mol. The van der Waals surface area contributed by atoms with Crippen molar-refractivity contribution < 1.29 is 4.79 Å². The summed E-state index contributed by atoms with van der Waals surface area (Å²) in [5.74, 6) is 0.100. The van der Waals surface area contributed by atoms with Crippen LogP contribution in [-0.2, 0) is 10.2 Å². The average Bonchev–Trinajstić information content (AvgIpc) is 2.75. The molecule has 0 aromatic carbocycles. The summed E-state index contributed by atoms with van der Waals surface area (Å²) in [6, 6.07) is 4.65. The molecule has 1 amide bonds. The zero-order chi connectivity index (χ0) is 17.8. The Morgan fingerprint density at radius 1 is 1.28 bits per heavy atom. The highest BCUT2D eigenvalue weighted by atomic mass is 79.9. The number of anilines is 1. The van der Waals surface area contributed by atoms with Crippen molar-refractivity contribution in [2.45, 2.75) is 62.9 Å². The Labute approximate surface area is 157 Å². The Morgan fingerprint density at radius 3 is 2.60 bits per heavy atom. The quantitative estimate of drug-likeness (QED) is 0.760. The number of pyridine rings is 1. The van der Waals surface area contributed by atoms with Crippen LogP contribution in [0.1, 0.15) is 51.6 Å². The van der Waals surface area contributed by atoms with Gasteiger partial charge in [-0.3, -0.25) is 14.7 Å². The minimum Gasteiger partial charge on any atom is -0.306 e. The molecule has 132 valence electrons. The van der Waals surface area contributed by atoms with E-state index in [4.69, 9.17) is 0 Å². The number of aromatic nitrogens is 1. The van der Waals surface area contributed by atoms with E-state index in [0.717, 1.165) is 41.8 Å². The van der Waals surface area contributed by atoms with Crippen molar-refractivity contribution in [2.75, 3.05) is 18.0 Å². The van der Waals surface area contributed by atoms with Crippen LogP contribution in [0.4, 0.5) is 5.69 Å². The summed E-state index contributed by atoms with van der Waals surface area (Å²) in [5, 5.41) is 9.84. The molecule has 0 N–H and O–H groups in total. The molecule has 0 unspecified atom stereocenters. The van der Waals surface area contributed by atoms with Gasteiger partial charge in [-0.05, 0) is 61.8 Å². The fourth-order valence-electron chi connectivity index (χ4n) is 4.61. The maximum Gasteiger partial charge on any atom is 0.239 e. The van der Waals surface area contributed by atoms with Gasteiger partial charge in [-0.2, -0.15) is 5.26 Å². The van der Waals surface area contributed by atoms with E-state index in [-0.39, 0.29) is 11.9 Å². The van der Waals surface area contributed by atoms with Crippen molar-refractivity contribution in [2.24, 2.45) is 0 Å². The van der Waals surface area contributed by atoms with Crippen molar-refractivity contribution in [3.63, 3.8) is 0 Å². The number of amides is 1. The Kier molecular flexibility index (Phi) is 3.93. The maximum absolute atomic E-state index is 13.1. The molecule has 0 atom stereocenters. The van der Waals surface area contributed by atoms with E-state index in [1.165, 1.54) is 19.3 Å². The van der Waals surface area contributed by atoms with Gasteiger partial charge in [0.25, 0.3) is 0 Å². The number of nitriles is 1. The highest BCUT2D eigenvalue weighted by Gasteiger charge is 2.56. The second-order valence-corrected chi connectivity index (χ2v) is 8.99. The molecule has 25 heavy (non-hydrogen) atoms. The second kappa shape index (κ2) is 5.78. The number of hydrogen-bond acceptors (Lipinski definition) is 4. The average molecular weight is 403 g/mol. The summed E-state index contributed by atoms with van der Waals surface area (Å²) in [5.41, 5.74) is 0.747. The first-order chi connectivity index (χ1) is 11.9. The van der Waals surface area contributed by atoms with Crippen molar-refractivity contribution in [1.82, 2.24) is 9.88 Å². The minimum absolute atomic E-state index is 0.0886. The van der Waals surface area contributed by atoms with E-state index >= 15 is 0 Å². The number of carbonyl (C=O) groups is 1. The first-order valence-electron chi connectivity index (χ1n) is 9.05. The number of likely N-dealkylation sites (tertiary alicyclic amines) is 1. The molecule has 0 radical (unpaired) electrons. The molecule has 0 spiro atoms. The highest BCUT2D eigenvalue weighted by Crippen LogP contribution is 2.49. The summed E-state index contributed by atoms with van der Waals surface area (Å²) in [4.78, 5) is 21.8. The molecular weight excluding hydrogens is 380 g/mol. The molecule has 5 nitrogen and oxygen atoms in total. The van der Waals surface area contributed by atoms with Gasteiger partial charge in [0, 0.05) is 29.6 Å². The van der Waals surface area contributed by atoms with Gasteiger partial charge in [0.15, 0.2) is 0 Å². The Morgan fingerprint density at radius 2 is 1.96 bits per heavy atom. The molecule has 1 saturated heterocycles. The lowest BCUT2D eigenvalue weighted by Gasteiger charge is -2.53. The fraction of sp³-hybridized carbons (Fsp3) is 0.632. The summed E-state index contributed by atoms with van der Waals surface area (Å²) in [7, 11) is 0. The van der Waals surface area contributed by atoms with Crippen LogP contribution in [0, 0.1) is 11.3 Å². The van der Waals surface area contributed by atoms with E-state index < -0.39 is 11.0 Å². The first-order valence-corrected chi connectivity index (χ1v) is 9.84. The van der Waals surface area contributed by atoms with Crippen LogP contribution in [0.15, 0.2) is 16.7 Å². The van der Waals surface area contributed by atoms with Crippen molar-refractivity contribution in [1.29, 1.82) is 5.26 Å². The van der Waals surface area contributed by atoms with Gasteiger partial charge in [0.1, 0.15) is 5.54 Å². The summed E-state index contributed by atoms with van der Waals surface area (Å²) in [6.07, 6.45) is 6.82. The lowest BCUT2D eigenvalue weighted by atomic mass is 9.70. The molecule has 1 aromatic heterocycles. The third-order valence-corrected chi connectivity index (χ3v) is 6.55. The van der Waals surface area contributed by atoms with E-state index in [1.807, 2.05) is 24.8 Å². The van der Waals surface area contributed by atoms with E-state index in [9.17, 15) is 10.1 Å². The van der Waals surface area contributed by atoms with Gasteiger partial charge in [0.05, 0.1) is 22.9 Å². The number of nitrogens with zero attached hydrogens (tertiary/aromatic N) is 4. The molecule has 0 bridgehead atoms. The van der Waals surface area contributed by atoms with Crippen molar-refractivity contribution in [3.8, 4) is 6.07 Å². The molecule has 1 saturated carbocycles. The Hall–Kier alpha value is -1.45. The smallest absolute Gasteiger partial charge is 0.239 e. The van der Waals surface area contributed by atoms with Crippen LogP contribution in [0.25, 0.3) is 0 Å². The maximum atomic E-state index is 13.1. The van der Waals surface area contributed by atoms with Crippen LogP contribution in [0.2, 0.25) is 0 Å². The number of halogens is 1. The van der Waals surface area contributed by atoms with Gasteiger partial charge < -0.3 is 4.90 Å². The largest absolute Gasteiger partial charge is 0.306 e. The zero-order valence-corrected chi connectivity index (χ0v) is 16.3. The van der Waals surface area contributed by atoms with Crippen LogP contribution in [0.5, 0.6) is 0 Å². The first kappa shape index (κ1) is 17.0. The molecule has 1 aliphatic carbocycles. The molecule has 6 heteroatoms.